The summed E-state index contributed by atoms with van der Waals surface area (Å²) in [6, 6.07) is 7.30. The summed E-state index contributed by atoms with van der Waals surface area (Å²) in [5.41, 5.74) is 5.11. The molecule has 0 atom stereocenters. The van der Waals surface area contributed by atoms with Crippen LogP contribution in [0.1, 0.15) is 50.7 Å². The highest BCUT2D eigenvalue weighted by Crippen LogP contribution is 2.44. The van der Waals surface area contributed by atoms with Gasteiger partial charge >= 0.3 is 12.4 Å². The number of ether oxygens (including phenoxy) is 1. The number of alkyl halides is 6. The van der Waals surface area contributed by atoms with Crippen LogP contribution in [0.2, 0.25) is 0 Å². The van der Waals surface area contributed by atoms with E-state index in [0.717, 1.165) is 0 Å². The maximum absolute atomic E-state index is 13.8. The van der Waals surface area contributed by atoms with Gasteiger partial charge in [-0.3, -0.25) is 0 Å². The molecule has 2 nitrogen and oxygen atoms in total. The van der Waals surface area contributed by atoms with Crippen molar-refractivity contribution in [3.05, 3.63) is 41.5 Å². The zero-order valence-electron chi connectivity index (χ0n) is 16.1. The third-order valence-electron chi connectivity index (χ3n) is 5.44. The summed E-state index contributed by atoms with van der Waals surface area (Å²) < 4.78 is 85.5. The predicted molar refractivity (Wildman–Crippen MR) is 98.6 cm³/mol. The van der Waals surface area contributed by atoms with Crippen molar-refractivity contribution in [2.45, 2.75) is 63.5 Å². The molecule has 0 aromatic heterocycles. The van der Waals surface area contributed by atoms with Crippen molar-refractivity contribution in [1.82, 2.24) is 0 Å². The van der Waals surface area contributed by atoms with Crippen molar-refractivity contribution in [3.8, 4) is 5.75 Å². The van der Waals surface area contributed by atoms with Crippen molar-refractivity contribution in [3.63, 3.8) is 0 Å². The molecule has 0 bridgehead atoms. The Morgan fingerprint density at radius 1 is 0.897 bits per heavy atom. The minimum Gasteiger partial charge on any atom is -0.490 e. The molecule has 1 aliphatic carbocycles. The van der Waals surface area contributed by atoms with Gasteiger partial charge in [-0.05, 0) is 68.0 Å². The lowest BCUT2D eigenvalue weighted by atomic mass is 9.87. The standard InChI is InChI=1S/C21H23F6NO/c1-19(2,28)14-6-9-16-12(11-14)3-10-17(18(16)21(25,26)27)29-15-7-4-13(5-8-15)20(22,23)24/h3,6,9-11,13,15H,4-5,7-8,28H2,1-2H3. The van der Waals surface area contributed by atoms with E-state index in [4.69, 9.17) is 10.5 Å². The molecule has 0 radical (unpaired) electrons. The zero-order chi connectivity index (χ0) is 21.6. The molecule has 1 aliphatic rings. The molecule has 0 saturated heterocycles. The molecule has 0 aliphatic heterocycles. The van der Waals surface area contributed by atoms with E-state index in [-0.39, 0.29) is 36.8 Å². The van der Waals surface area contributed by atoms with Gasteiger partial charge in [-0.2, -0.15) is 26.3 Å². The molecule has 0 unspecified atom stereocenters. The minimum atomic E-state index is -4.67. The van der Waals surface area contributed by atoms with E-state index in [0.29, 0.717) is 10.9 Å². The molecule has 1 saturated carbocycles. The van der Waals surface area contributed by atoms with Gasteiger partial charge in [0.1, 0.15) is 11.3 Å². The van der Waals surface area contributed by atoms with E-state index in [1.165, 1.54) is 18.2 Å². The van der Waals surface area contributed by atoms with E-state index in [1.807, 2.05) is 0 Å². The third-order valence-corrected chi connectivity index (χ3v) is 5.44. The fourth-order valence-electron chi connectivity index (χ4n) is 3.79. The first-order chi connectivity index (χ1) is 13.3. The number of hydrogen-bond acceptors (Lipinski definition) is 2. The summed E-state index contributed by atoms with van der Waals surface area (Å²) in [4.78, 5) is 0. The van der Waals surface area contributed by atoms with Gasteiger partial charge in [0.2, 0.25) is 0 Å². The van der Waals surface area contributed by atoms with E-state index < -0.39 is 35.5 Å². The average Bonchev–Trinajstić information content (AvgIpc) is 2.59. The molecule has 29 heavy (non-hydrogen) atoms. The van der Waals surface area contributed by atoms with Crippen molar-refractivity contribution in [1.29, 1.82) is 0 Å². The smallest absolute Gasteiger partial charge is 0.420 e. The summed E-state index contributed by atoms with van der Waals surface area (Å²) in [6.45, 7) is 3.52. The fraction of sp³-hybridized carbons (Fsp3) is 0.524. The third kappa shape index (κ3) is 4.79. The summed E-state index contributed by atoms with van der Waals surface area (Å²) in [7, 11) is 0. The second kappa shape index (κ2) is 7.38. The lowest BCUT2D eigenvalue weighted by Gasteiger charge is -2.31. The van der Waals surface area contributed by atoms with E-state index in [9.17, 15) is 26.3 Å². The van der Waals surface area contributed by atoms with Crippen LogP contribution in [0.15, 0.2) is 30.3 Å². The monoisotopic (exact) mass is 419 g/mol. The van der Waals surface area contributed by atoms with Gasteiger partial charge in [-0.15, -0.1) is 0 Å². The number of hydrogen-bond donors (Lipinski definition) is 1. The number of halogens is 6. The largest absolute Gasteiger partial charge is 0.490 e. The Labute approximate surface area is 165 Å². The molecule has 2 aromatic carbocycles. The quantitative estimate of drug-likeness (QED) is 0.573. The molecule has 2 aromatic rings. The van der Waals surface area contributed by atoms with Gasteiger partial charge in [0, 0.05) is 5.54 Å². The second-order valence-electron chi connectivity index (χ2n) is 8.23. The Morgan fingerprint density at radius 2 is 1.52 bits per heavy atom. The van der Waals surface area contributed by atoms with Crippen LogP contribution in [0, 0.1) is 5.92 Å². The molecular formula is C21H23F6NO. The van der Waals surface area contributed by atoms with Gasteiger partial charge in [0.15, 0.2) is 0 Å². The first kappa shape index (κ1) is 21.7. The van der Waals surface area contributed by atoms with Gasteiger partial charge in [0.25, 0.3) is 0 Å². The maximum Gasteiger partial charge on any atom is 0.420 e. The van der Waals surface area contributed by atoms with Crippen molar-refractivity contribution in [2.75, 3.05) is 0 Å². The summed E-state index contributed by atoms with van der Waals surface area (Å²) in [5.74, 6) is -1.76. The molecule has 1 fully saturated rings. The number of fused-ring (bicyclic) bond motifs is 1. The van der Waals surface area contributed by atoms with Crippen LogP contribution >= 0.6 is 0 Å². The first-order valence-corrected chi connectivity index (χ1v) is 9.43. The summed E-state index contributed by atoms with van der Waals surface area (Å²) in [6.07, 6.45) is -9.76. The van der Waals surface area contributed by atoms with E-state index in [2.05, 4.69) is 0 Å². The molecule has 8 heteroatoms. The Hall–Kier alpha value is -1.96. The van der Waals surface area contributed by atoms with Crippen LogP contribution in [-0.2, 0) is 11.7 Å². The van der Waals surface area contributed by atoms with Crippen molar-refractivity contribution >= 4 is 10.8 Å². The van der Waals surface area contributed by atoms with E-state index >= 15 is 0 Å². The van der Waals surface area contributed by atoms with Crippen LogP contribution in [0.5, 0.6) is 5.75 Å². The summed E-state index contributed by atoms with van der Waals surface area (Å²) in [5, 5.41) is 0.355. The number of rotatable bonds is 3. The molecule has 0 spiro atoms. The molecule has 3 rings (SSSR count). The maximum atomic E-state index is 13.8. The lowest BCUT2D eigenvalue weighted by Crippen LogP contribution is -2.32. The molecule has 0 heterocycles. The predicted octanol–water partition coefficient (Wildman–Crippen LogP) is 6.55. The lowest BCUT2D eigenvalue weighted by molar-refractivity contribution is -0.185. The molecular weight excluding hydrogens is 396 g/mol. The SMILES string of the molecule is CC(C)(N)c1ccc2c(C(F)(F)F)c(OC3CCC(C(F)(F)F)CC3)ccc2c1. The highest BCUT2D eigenvalue weighted by molar-refractivity contribution is 5.89. The average molecular weight is 419 g/mol. The van der Waals surface area contributed by atoms with Crippen LogP contribution in [0.3, 0.4) is 0 Å². The first-order valence-electron chi connectivity index (χ1n) is 9.43. The Balaban J connectivity index is 1.92. The zero-order valence-corrected chi connectivity index (χ0v) is 16.1. The van der Waals surface area contributed by atoms with Gasteiger partial charge in [-0.25, -0.2) is 0 Å². The normalized spacial score (nSPS) is 21.4. The highest BCUT2D eigenvalue weighted by atomic mass is 19.4. The van der Waals surface area contributed by atoms with Gasteiger partial charge < -0.3 is 10.5 Å². The van der Waals surface area contributed by atoms with E-state index in [1.54, 1.807) is 26.0 Å². The van der Waals surface area contributed by atoms with Crippen molar-refractivity contribution in [2.24, 2.45) is 11.7 Å². The number of benzene rings is 2. The van der Waals surface area contributed by atoms with Gasteiger partial charge in [-0.1, -0.05) is 18.2 Å². The fourth-order valence-corrected chi connectivity index (χ4v) is 3.79. The summed E-state index contributed by atoms with van der Waals surface area (Å²) >= 11 is 0. The molecule has 0 amide bonds. The van der Waals surface area contributed by atoms with Crippen LogP contribution < -0.4 is 10.5 Å². The second-order valence-corrected chi connectivity index (χ2v) is 8.23. The topological polar surface area (TPSA) is 35.2 Å². The Kier molecular flexibility index (Phi) is 5.53. The minimum absolute atomic E-state index is 0.0213. The van der Waals surface area contributed by atoms with Gasteiger partial charge in [0.05, 0.1) is 12.0 Å². The van der Waals surface area contributed by atoms with Crippen LogP contribution in [-0.4, -0.2) is 12.3 Å². The number of nitrogens with two attached hydrogens (primary N) is 1. The Morgan fingerprint density at radius 3 is 2.03 bits per heavy atom. The highest BCUT2D eigenvalue weighted by Gasteiger charge is 2.42. The molecule has 160 valence electrons. The Bertz CT molecular complexity index is 874. The van der Waals surface area contributed by atoms with Crippen LogP contribution in [0.4, 0.5) is 26.3 Å². The molecule has 2 N–H and O–H groups in total. The van der Waals surface area contributed by atoms with Crippen molar-refractivity contribution < 1.29 is 31.1 Å². The van der Waals surface area contributed by atoms with Crippen LogP contribution in [0.25, 0.3) is 10.8 Å².